The Bertz CT molecular complexity index is 266. The van der Waals surface area contributed by atoms with Gasteiger partial charge in [0.05, 0.1) is 4.92 Å². The summed E-state index contributed by atoms with van der Waals surface area (Å²) in [6.07, 6.45) is 1.55. The van der Waals surface area contributed by atoms with Crippen LogP contribution in [-0.4, -0.2) is 9.49 Å². The van der Waals surface area contributed by atoms with Gasteiger partial charge in [-0.2, -0.15) is 0 Å². The van der Waals surface area contributed by atoms with Crippen molar-refractivity contribution in [3.8, 4) is 0 Å². The Morgan fingerprint density at radius 2 is 2.40 bits per heavy atom. The molecule has 1 heterocycles. The topological polar surface area (TPSA) is 74.1 Å². The van der Waals surface area contributed by atoms with Crippen LogP contribution in [0.1, 0.15) is 0 Å². The lowest BCUT2D eigenvalue weighted by molar-refractivity contribution is -0.383. The van der Waals surface area contributed by atoms with Crippen molar-refractivity contribution in [1.82, 2.24) is 4.57 Å². The highest BCUT2D eigenvalue weighted by Gasteiger charge is 2.12. The Hall–Kier alpha value is -1.52. The molecule has 0 aliphatic heterocycles. The van der Waals surface area contributed by atoms with Crippen molar-refractivity contribution in [1.29, 1.82) is 0 Å². The highest BCUT2D eigenvalue weighted by molar-refractivity contribution is 5.53. The molecule has 5 heteroatoms. The molecule has 0 saturated heterocycles. The van der Waals surface area contributed by atoms with E-state index in [2.05, 4.69) is 0 Å². The SMILES string of the molecule is Cn1ccc([N+](=O)[O-])c1N. The van der Waals surface area contributed by atoms with Crippen molar-refractivity contribution in [2.24, 2.45) is 7.05 Å². The van der Waals surface area contributed by atoms with Gasteiger partial charge in [-0.15, -0.1) is 0 Å². The van der Waals surface area contributed by atoms with Crippen LogP contribution in [0.15, 0.2) is 12.3 Å². The Morgan fingerprint density at radius 3 is 2.60 bits per heavy atom. The van der Waals surface area contributed by atoms with E-state index in [1.165, 1.54) is 10.6 Å². The van der Waals surface area contributed by atoms with Crippen LogP contribution in [0.5, 0.6) is 0 Å². The van der Waals surface area contributed by atoms with E-state index in [4.69, 9.17) is 5.73 Å². The number of nitro groups is 1. The predicted octanol–water partition coefficient (Wildman–Crippen LogP) is 0.515. The molecule has 0 radical (unpaired) electrons. The molecule has 1 aromatic heterocycles. The van der Waals surface area contributed by atoms with Crippen molar-refractivity contribution in [3.05, 3.63) is 22.4 Å². The molecule has 0 spiro atoms. The second-order valence-corrected chi connectivity index (χ2v) is 1.95. The first-order valence-corrected chi connectivity index (χ1v) is 2.68. The van der Waals surface area contributed by atoms with Gasteiger partial charge in [-0.1, -0.05) is 0 Å². The van der Waals surface area contributed by atoms with Crippen LogP contribution in [0.25, 0.3) is 0 Å². The minimum absolute atomic E-state index is 0.0394. The van der Waals surface area contributed by atoms with Crippen molar-refractivity contribution in [3.63, 3.8) is 0 Å². The van der Waals surface area contributed by atoms with E-state index in [1.807, 2.05) is 0 Å². The number of aryl methyl sites for hydroxylation is 1. The third kappa shape index (κ3) is 0.812. The standard InChI is InChI=1S/C5H7N3O2/c1-7-3-2-4(5(7)6)8(9)10/h2-3H,6H2,1H3. The highest BCUT2D eigenvalue weighted by atomic mass is 16.6. The Labute approximate surface area is 57.2 Å². The average molecular weight is 141 g/mol. The maximum Gasteiger partial charge on any atom is 0.310 e. The lowest BCUT2D eigenvalue weighted by Gasteiger charge is -1.92. The van der Waals surface area contributed by atoms with Crippen LogP contribution < -0.4 is 5.73 Å². The zero-order chi connectivity index (χ0) is 7.72. The first-order valence-electron chi connectivity index (χ1n) is 2.68. The van der Waals surface area contributed by atoms with Crippen LogP contribution in [0.4, 0.5) is 11.5 Å². The van der Waals surface area contributed by atoms with Gasteiger partial charge >= 0.3 is 5.69 Å². The van der Waals surface area contributed by atoms with Crippen LogP contribution in [0.2, 0.25) is 0 Å². The largest absolute Gasteiger partial charge is 0.379 e. The second-order valence-electron chi connectivity index (χ2n) is 1.95. The molecule has 0 aliphatic rings. The molecule has 2 N–H and O–H groups in total. The van der Waals surface area contributed by atoms with Crippen LogP contribution in [0.3, 0.4) is 0 Å². The molecule has 0 unspecified atom stereocenters. The molecule has 0 fully saturated rings. The molecular weight excluding hydrogens is 134 g/mol. The van der Waals surface area contributed by atoms with Gasteiger partial charge in [-0.25, -0.2) is 0 Å². The summed E-state index contributed by atoms with van der Waals surface area (Å²) >= 11 is 0. The van der Waals surface area contributed by atoms with E-state index >= 15 is 0 Å². The molecule has 1 rings (SSSR count). The summed E-state index contributed by atoms with van der Waals surface area (Å²) in [7, 11) is 1.66. The number of aromatic nitrogens is 1. The third-order valence-corrected chi connectivity index (χ3v) is 1.30. The quantitative estimate of drug-likeness (QED) is 0.457. The number of nitrogen functional groups attached to an aromatic ring is 1. The zero-order valence-corrected chi connectivity index (χ0v) is 5.44. The van der Waals surface area contributed by atoms with Gasteiger partial charge < -0.3 is 10.3 Å². The van der Waals surface area contributed by atoms with Gasteiger partial charge in [0.25, 0.3) is 0 Å². The molecule has 54 valence electrons. The molecule has 0 saturated carbocycles. The molecule has 0 bridgehead atoms. The summed E-state index contributed by atoms with van der Waals surface area (Å²) < 4.78 is 1.50. The van der Waals surface area contributed by atoms with Crippen LogP contribution in [-0.2, 0) is 7.05 Å². The number of nitrogens with two attached hydrogens (primary N) is 1. The number of anilines is 1. The lowest BCUT2D eigenvalue weighted by atomic mass is 10.5. The van der Waals surface area contributed by atoms with E-state index in [-0.39, 0.29) is 11.5 Å². The smallest absolute Gasteiger partial charge is 0.310 e. The van der Waals surface area contributed by atoms with Crippen molar-refractivity contribution < 1.29 is 4.92 Å². The fraction of sp³-hybridized carbons (Fsp3) is 0.200. The van der Waals surface area contributed by atoms with Gasteiger partial charge in [0.15, 0.2) is 5.82 Å². The summed E-state index contributed by atoms with van der Waals surface area (Å²) in [6.45, 7) is 0. The van der Waals surface area contributed by atoms with Crippen LogP contribution in [0, 0.1) is 10.1 Å². The fourth-order valence-corrected chi connectivity index (χ4v) is 0.683. The Morgan fingerprint density at radius 1 is 1.80 bits per heavy atom. The van der Waals surface area contributed by atoms with E-state index in [9.17, 15) is 10.1 Å². The summed E-state index contributed by atoms with van der Waals surface area (Å²) in [5.41, 5.74) is 5.29. The first kappa shape index (κ1) is 6.60. The van der Waals surface area contributed by atoms with Crippen molar-refractivity contribution >= 4 is 11.5 Å². The second kappa shape index (κ2) is 2.02. The minimum Gasteiger partial charge on any atom is -0.379 e. The van der Waals surface area contributed by atoms with Gasteiger partial charge in [0.1, 0.15) is 0 Å². The molecule has 1 aromatic rings. The van der Waals surface area contributed by atoms with E-state index < -0.39 is 4.92 Å². The van der Waals surface area contributed by atoms with Crippen molar-refractivity contribution in [2.75, 3.05) is 5.73 Å². The average Bonchev–Trinajstić information content (AvgIpc) is 2.14. The minimum atomic E-state index is -0.505. The van der Waals surface area contributed by atoms with E-state index in [0.717, 1.165) is 0 Å². The van der Waals surface area contributed by atoms with Gasteiger partial charge in [0.2, 0.25) is 0 Å². The molecule has 0 atom stereocenters. The van der Waals surface area contributed by atoms with Crippen molar-refractivity contribution in [2.45, 2.75) is 0 Å². The predicted molar refractivity (Wildman–Crippen MR) is 36.5 cm³/mol. The lowest BCUT2D eigenvalue weighted by Crippen LogP contribution is -1.97. The maximum absolute atomic E-state index is 10.1. The van der Waals surface area contributed by atoms with Crippen LogP contribution >= 0.6 is 0 Å². The Balaban J connectivity index is 3.17. The zero-order valence-electron chi connectivity index (χ0n) is 5.44. The highest BCUT2D eigenvalue weighted by Crippen LogP contribution is 2.19. The fourth-order valence-electron chi connectivity index (χ4n) is 0.683. The molecule has 5 nitrogen and oxygen atoms in total. The number of rotatable bonds is 1. The third-order valence-electron chi connectivity index (χ3n) is 1.30. The maximum atomic E-state index is 10.1. The molecule has 10 heavy (non-hydrogen) atoms. The summed E-state index contributed by atoms with van der Waals surface area (Å²) in [4.78, 5) is 9.64. The monoisotopic (exact) mass is 141 g/mol. The first-order chi connectivity index (χ1) is 4.63. The summed E-state index contributed by atoms with van der Waals surface area (Å²) in [5.74, 6) is 0.185. The Kier molecular flexibility index (Phi) is 1.33. The number of hydrogen-bond donors (Lipinski definition) is 1. The van der Waals surface area contributed by atoms with E-state index in [0.29, 0.717) is 0 Å². The number of hydrogen-bond acceptors (Lipinski definition) is 3. The van der Waals surface area contributed by atoms with Gasteiger partial charge in [-0.3, -0.25) is 10.1 Å². The summed E-state index contributed by atoms with van der Waals surface area (Å²) in [6, 6.07) is 1.37. The van der Waals surface area contributed by atoms with Gasteiger partial charge in [-0.05, 0) is 0 Å². The molecular formula is C5H7N3O2. The van der Waals surface area contributed by atoms with Gasteiger partial charge in [0, 0.05) is 19.3 Å². The van der Waals surface area contributed by atoms with E-state index in [1.54, 1.807) is 13.2 Å². The molecule has 0 amide bonds. The normalized spacial score (nSPS) is 9.70. The molecule has 0 aromatic carbocycles. The molecule has 0 aliphatic carbocycles. The summed E-state index contributed by atoms with van der Waals surface area (Å²) in [5, 5.41) is 10.1. The number of nitrogens with zero attached hydrogens (tertiary/aromatic N) is 2.